The first-order chi connectivity index (χ1) is 3.39. The van der Waals surface area contributed by atoms with Crippen molar-refractivity contribution in [1.82, 2.24) is 4.98 Å². The van der Waals surface area contributed by atoms with Crippen LogP contribution in [0.15, 0.2) is 18.5 Å². The lowest BCUT2D eigenvalue weighted by atomic mass is 10.3. The second-order valence-corrected chi connectivity index (χ2v) is 1.46. The first kappa shape index (κ1) is 7.92. The van der Waals surface area contributed by atoms with E-state index < -0.39 is 0 Å². The normalized spacial score (nSPS) is 7.62. The van der Waals surface area contributed by atoms with Crippen molar-refractivity contribution in [2.75, 3.05) is 0 Å². The molecule has 0 amide bonds. The molecule has 0 unspecified atom stereocenters. The summed E-state index contributed by atoms with van der Waals surface area (Å²) in [5.74, 6) is 0. The highest BCUT2D eigenvalue weighted by molar-refractivity contribution is 5.75. The van der Waals surface area contributed by atoms with Gasteiger partial charge in [0.25, 0.3) is 0 Å². The third-order valence-corrected chi connectivity index (χ3v) is 0.738. The second-order valence-electron chi connectivity index (χ2n) is 1.46. The van der Waals surface area contributed by atoms with Gasteiger partial charge in [0.1, 0.15) is 0 Å². The quantitative estimate of drug-likeness (QED) is 0.446. The average molecular weight is 118 g/mol. The molecule has 1 radical (unpaired) electrons. The molecule has 0 aromatic carbocycles. The van der Waals surface area contributed by atoms with E-state index in [1.54, 1.807) is 12.4 Å². The molecular formula is C6H8MgN. The monoisotopic (exact) mass is 118 g/mol. The van der Waals surface area contributed by atoms with Crippen LogP contribution >= 0.6 is 0 Å². The first-order valence-corrected chi connectivity index (χ1v) is 2.17. The number of hydrogen-bond acceptors (Lipinski definition) is 1. The second kappa shape index (κ2) is 3.86. The summed E-state index contributed by atoms with van der Waals surface area (Å²) in [5, 5.41) is 0. The van der Waals surface area contributed by atoms with Crippen molar-refractivity contribution in [3.8, 4) is 0 Å². The highest BCUT2D eigenvalue weighted by Crippen LogP contribution is 1.87. The van der Waals surface area contributed by atoms with Crippen LogP contribution in [0.3, 0.4) is 0 Å². The summed E-state index contributed by atoms with van der Waals surface area (Å²) in [5.41, 5.74) is 1.16. The van der Waals surface area contributed by atoms with E-state index >= 15 is 0 Å². The molecular weight excluding hydrogens is 110 g/mol. The predicted octanol–water partition coefficient (Wildman–Crippen LogP) is 0.274. The van der Waals surface area contributed by atoms with Crippen LogP contribution in [0.2, 0.25) is 0 Å². The lowest BCUT2D eigenvalue weighted by Crippen LogP contribution is -1.70. The molecule has 0 fully saturated rings. The molecule has 2 heteroatoms. The SMILES string of the molecule is Cc1c[c]cnc1.[MgH2]. The maximum Gasteiger partial charge on any atom is 0.316 e. The third-order valence-electron chi connectivity index (χ3n) is 0.738. The van der Waals surface area contributed by atoms with Crippen LogP contribution in [-0.2, 0) is 0 Å². The Hall–Kier alpha value is -0.0838. The minimum Gasteiger partial charge on any atom is -0.264 e. The number of rotatable bonds is 0. The topological polar surface area (TPSA) is 12.9 Å². The lowest BCUT2D eigenvalue weighted by molar-refractivity contribution is 1.26. The van der Waals surface area contributed by atoms with Gasteiger partial charge in [-0.25, -0.2) is 0 Å². The maximum absolute atomic E-state index is 3.83. The molecule has 1 heterocycles. The Morgan fingerprint density at radius 1 is 1.62 bits per heavy atom. The van der Waals surface area contributed by atoms with Crippen LogP contribution in [0.4, 0.5) is 0 Å². The molecule has 0 aliphatic rings. The van der Waals surface area contributed by atoms with Crippen molar-refractivity contribution in [1.29, 1.82) is 0 Å². The summed E-state index contributed by atoms with van der Waals surface area (Å²) in [4.78, 5) is 3.83. The van der Waals surface area contributed by atoms with E-state index in [0.717, 1.165) is 5.56 Å². The van der Waals surface area contributed by atoms with E-state index in [4.69, 9.17) is 0 Å². The molecule has 0 bridgehead atoms. The van der Waals surface area contributed by atoms with Gasteiger partial charge in [0.2, 0.25) is 0 Å². The van der Waals surface area contributed by atoms with Crippen molar-refractivity contribution in [3.05, 3.63) is 30.1 Å². The third kappa shape index (κ3) is 2.28. The largest absolute Gasteiger partial charge is 0.316 e. The molecule has 0 N–H and O–H groups in total. The van der Waals surface area contributed by atoms with Crippen LogP contribution < -0.4 is 0 Å². The van der Waals surface area contributed by atoms with Crippen molar-refractivity contribution < 1.29 is 0 Å². The summed E-state index contributed by atoms with van der Waals surface area (Å²) in [6.07, 6.45) is 3.45. The summed E-state index contributed by atoms with van der Waals surface area (Å²) < 4.78 is 0. The smallest absolute Gasteiger partial charge is 0.264 e. The molecule has 1 aromatic heterocycles. The van der Waals surface area contributed by atoms with Gasteiger partial charge >= 0.3 is 23.1 Å². The van der Waals surface area contributed by atoms with Gasteiger partial charge in [0.05, 0.1) is 0 Å². The lowest BCUT2D eigenvalue weighted by Gasteiger charge is -1.81. The van der Waals surface area contributed by atoms with E-state index in [0.29, 0.717) is 0 Å². The van der Waals surface area contributed by atoms with Crippen molar-refractivity contribution in [2.45, 2.75) is 6.92 Å². The minimum atomic E-state index is 0. The van der Waals surface area contributed by atoms with Crippen LogP contribution in [0.1, 0.15) is 5.56 Å². The van der Waals surface area contributed by atoms with E-state index in [9.17, 15) is 0 Å². The van der Waals surface area contributed by atoms with Gasteiger partial charge in [0.15, 0.2) is 0 Å². The van der Waals surface area contributed by atoms with E-state index in [2.05, 4.69) is 11.1 Å². The fraction of sp³-hybridized carbons (Fsp3) is 0.167. The summed E-state index contributed by atoms with van der Waals surface area (Å²) in [7, 11) is 0. The fourth-order valence-corrected chi connectivity index (χ4v) is 0.404. The first-order valence-electron chi connectivity index (χ1n) is 2.17. The highest BCUT2D eigenvalue weighted by Gasteiger charge is 1.73. The summed E-state index contributed by atoms with van der Waals surface area (Å²) in [6.45, 7) is 1.99. The number of hydrogen-bond donors (Lipinski definition) is 0. The highest BCUT2D eigenvalue weighted by atomic mass is 24.3. The Balaban J connectivity index is 0.000000490. The molecule has 1 nitrogen and oxygen atoms in total. The minimum absolute atomic E-state index is 0. The van der Waals surface area contributed by atoms with Crippen LogP contribution in [-0.4, -0.2) is 28.0 Å². The van der Waals surface area contributed by atoms with E-state index in [-0.39, 0.29) is 23.1 Å². The Labute approximate surface area is 65.3 Å². The van der Waals surface area contributed by atoms with Gasteiger partial charge in [-0.3, -0.25) is 4.98 Å². The molecule has 0 saturated carbocycles. The Kier molecular flexibility index (Phi) is 3.82. The molecule has 0 atom stereocenters. The predicted molar refractivity (Wildman–Crippen MR) is 36.4 cm³/mol. The zero-order chi connectivity index (χ0) is 5.11. The van der Waals surface area contributed by atoms with Gasteiger partial charge in [-0.1, -0.05) is 0 Å². The summed E-state index contributed by atoms with van der Waals surface area (Å²) in [6, 6.07) is 4.75. The van der Waals surface area contributed by atoms with Gasteiger partial charge in [-0.05, 0) is 18.6 Å². The zero-order valence-corrected chi connectivity index (χ0v) is 4.18. The Bertz CT molecular complexity index is 138. The fourth-order valence-electron chi connectivity index (χ4n) is 0.404. The molecule has 8 heavy (non-hydrogen) atoms. The number of pyridine rings is 1. The summed E-state index contributed by atoms with van der Waals surface area (Å²) >= 11 is 0. The van der Waals surface area contributed by atoms with Crippen LogP contribution in [0, 0.1) is 13.0 Å². The van der Waals surface area contributed by atoms with Gasteiger partial charge < -0.3 is 0 Å². The van der Waals surface area contributed by atoms with E-state index in [1.165, 1.54) is 0 Å². The molecule has 1 aromatic rings. The molecule has 1 rings (SSSR count). The number of aryl methyl sites for hydroxylation is 1. The van der Waals surface area contributed by atoms with Gasteiger partial charge in [0, 0.05) is 18.5 Å². The number of aromatic nitrogens is 1. The Morgan fingerprint density at radius 3 is 2.62 bits per heavy atom. The van der Waals surface area contributed by atoms with Crippen molar-refractivity contribution in [3.63, 3.8) is 0 Å². The zero-order valence-electron chi connectivity index (χ0n) is 4.18. The van der Waals surface area contributed by atoms with E-state index in [1.807, 2.05) is 13.0 Å². The van der Waals surface area contributed by atoms with Gasteiger partial charge in [-0.15, -0.1) is 0 Å². The molecule has 0 spiro atoms. The van der Waals surface area contributed by atoms with Crippen LogP contribution in [0.5, 0.6) is 0 Å². The molecule has 39 valence electrons. The maximum atomic E-state index is 3.83. The standard InChI is InChI=1S/C6H6N.Mg.2H/c1-6-3-2-4-7-5-6;;;/h3-5H,1H3;;;. The molecule has 0 saturated heterocycles. The molecule has 0 aliphatic heterocycles. The number of nitrogens with zero attached hydrogens (tertiary/aromatic N) is 1. The molecule has 0 aliphatic carbocycles. The van der Waals surface area contributed by atoms with Crippen LogP contribution in [0.25, 0.3) is 0 Å². The van der Waals surface area contributed by atoms with Crippen molar-refractivity contribution >= 4 is 23.1 Å². The van der Waals surface area contributed by atoms with Crippen molar-refractivity contribution in [2.24, 2.45) is 0 Å². The Morgan fingerprint density at radius 2 is 2.38 bits per heavy atom. The van der Waals surface area contributed by atoms with Gasteiger partial charge in [-0.2, -0.15) is 0 Å². The average Bonchev–Trinajstić information content (AvgIpc) is 1.69.